The van der Waals surface area contributed by atoms with E-state index in [1.165, 1.54) is 7.11 Å². The molecule has 138 valence electrons. The third kappa shape index (κ3) is 3.22. The standard InChI is InChI=1S/C19H25N5O2/c1-3-4-6-15-23-16-17(24(15)10-5-9-20)13-8-7-12(19(25)26-2)11-14(13)22-18(16)21/h7-8,11H,3-6,9-10,20H2,1-2H3,(H2,21,22). The highest BCUT2D eigenvalue weighted by Crippen LogP contribution is 2.30. The van der Waals surface area contributed by atoms with Gasteiger partial charge in [-0.15, -0.1) is 0 Å². The lowest BCUT2D eigenvalue weighted by Crippen LogP contribution is -2.09. The highest BCUT2D eigenvalue weighted by molar-refractivity contribution is 6.08. The zero-order valence-electron chi connectivity index (χ0n) is 15.3. The van der Waals surface area contributed by atoms with Gasteiger partial charge in [-0.3, -0.25) is 0 Å². The number of benzene rings is 1. The van der Waals surface area contributed by atoms with Crippen LogP contribution in [-0.4, -0.2) is 34.2 Å². The predicted molar refractivity (Wildman–Crippen MR) is 103 cm³/mol. The molecule has 2 heterocycles. The molecule has 3 rings (SSSR count). The fourth-order valence-electron chi connectivity index (χ4n) is 3.22. The molecule has 7 nitrogen and oxygen atoms in total. The van der Waals surface area contributed by atoms with Crippen molar-refractivity contribution < 1.29 is 9.53 Å². The van der Waals surface area contributed by atoms with Crippen molar-refractivity contribution in [3.8, 4) is 0 Å². The maximum Gasteiger partial charge on any atom is 0.337 e. The Morgan fingerprint density at radius 3 is 2.77 bits per heavy atom. The summed E-state index contributed by atoms with van der Waals surface area (Å²) in [5.74, 6) is 0.986. The van der Waals surface area contributed by atoms with Crippen molar-refractivity contribution in [3.05, 3.63) is 29.6 Å². The number of nitrogen functional groups attached to an aromatic ring is 1. The quantitative estimate of drug-likeness (QED) is 0.631. The predicted octanol–water partition coefficient (Wildman–Crippen LogP) is 2.64. The first-order chi connectivity index (χ1) is 12.6. The Morgan fingerprint density at radius 1 is 1.27 bits per heavy atom. The van der Waals surface area contributed by atoms with Crippen LogP contribution in [0, 0.1) is 0 Å². The molecule has 0 aliphatic heterocycles. The number of rotatable bonds is 7. The second-order valence-corrected chi connectivity index (χ2v) is 6.34. The first-order valence-corrected chi connectivity index (χ1v) is 8.97. The van der Waals surface area contributed by atoms with Gasteiger partial charge in [-0.25, -0.2) is 14.8 Å². The van der Waals surface area contributed by atoms with Crippen LogP contribution in [-0.2, 0) is 17.7 Å². The number of aryl methyl sites for hydroxylation is 2. The average Bonchev–Trinajstić information content (AvgIpc) is 3.02. The van der Waals surface area contributed by atoms with Crippen LogP contribution >= 0.6 is 0 Å². The number of anilines is 1. The Kier molecular flexibility index (Phi) is 5.37. The number of hydrogen-bond donors (Lipinski definition) is 2. The summed E-state index contributed by atoms with van der Waals surface area (Å²) in [4.78, 5) is 21.1. The molecule has 7 heteroatoms. The number of carbonyl (C=O) groups is 1. The van der Waals surface area contributed by atoms with Crippen molar-refractivity contribution in [1.29, 1.82) is 0 Å². The molecule has 2 aromatic heterocycles. The van der Waals surface area contributed by atoms with Crippen molar-refractivity contribution in [2.24, 2.45) is 5.73 Å². The van der Waals surface area contributed by atoms with E-state index in [-0.39, 0.29) is 0 Å². The van der Waals surface area contributed by atoms with Gasteiger partial charge in [0.25, 0.3) is 0 Å². The minimum atomic E-state index is -0.396. The molecule has 0 spiro atoms. The molecule has 0 bridgehead atoms. The van der Waals surface area contributed by atoms with Crippen molar-refractivity contribution >= 4 is 33.7 Å². The molecule has 0 saturated carbocycles. The first-order valence-electron chi connectivity index (χ1n) is 8.97. The van der Waals surface area contributed by atoms with Crippen LogP contribution in [0.15, 0.2) is 18.2 Å². The smallest absolute Gasteiger partial charge is 0.337 e. The molecule has 4 N–H and O–H groups in total. The molecule has 1 aromatic carbocycles. The molecule has 0 aliphatic carbocycles. The van der Waals surface area contributed by atoms with Crippen LogP contribution in [0.25, 0.3) is 21.9 Å². The van der Waals surface area contributed by atoms with E-state index >= 15 is 0 Å². The lowest BCUT2D eigenvalue weighted by molar-refractivity contribution is 0.0601. The number of hydrogen-bond acceptors (Lipinski definition) is 6. The molecule has 0 aliphatic rings. The number of fused-ring (bicyclic) bond motifs is 3. The van der Waals surface area contributed by atoms with Crippen LogP contribution < -0.4 is 11.5 Å². The van der Waals surface area contributed by atoms with Gasteiger partial charge in [-0.2, -0.15) is 0 Å². The number of pyridine rings is 1. The van der Waals surface area contributed by atoms with E-state index in [1.807, 2.05) is 6.07 Å². The van der Waals surface area contributed by atoms with Gasteiger partial charge in [-0.05, 0) is 37.6 Å². The van der Waals surface area contributed by atoms with Crippen molar-refractivity contribution in [1.82, 2.24) is 14.5 Å². The van der Waals surface area contributed by atoms with Crippen LogP contribution in [0.2, 0.25) is 0 Å². The highest BCUT2D eigenvalue weighted by atomic mass is 16.5. The highest BCUT2D eigenvalue weighted by Gasteiger charge is 2.18. The first kappa shape index (κ1) is 18.1. The largest absolute Gasteiger partial charge is 0.465 e. The molecular weight excluding hydrogens is 330 g/mol. The number of nitrogens with zero attached hydrogens (tertiary/aromatic N) is 3. The van der Waals surface area contributed by atoms with Gasteiger partial charge in [0.15, 0.2) is 5.82 Å². The summed E-state index contributed by atoms with van der Waals surface area (Å²) in [5, 5.41) is 0.925. The minimum Gasteiger partial charge on any atom is -0.465 e. The Bertz CT molecular complexity index is 948. The third-order valence-electron chi connectivity index (χ3n) is 4.54. The van der Waals surface area contributed by atoms with E-state index < -0.39 is 5.97 Å². The Balaban J connectivity index is 2.25. The monoisotopic (exact) mass is 355 g/mol. The summed E-state index contributed by atoms with van der Waals surface area (Å²) in [6.45, 7) is 3.55. The molecule has 0 fully saturated rings. The lowest BCUT2D eigenvalue weighted by Gasteiger charge is -2.10. The summed E-state index contributed by atoms with van der Waals surface area (Å²) in [5.41, 5.74) is 14.7. The fourth-order valence-corrected chi connectivity index (χ4v) is 3.22. The molecule has 3 aromatic rings. The van der Waals surface area contributed by atoms with Gasteiger partial charge in [0, 0.05) is 18.4 Å². The zero-order valence-corrected chi connectivity index (χ0v) is 15.3. The number of nitrogens with two attached hydrogens (primary N) is 2. The molecule has 0 amide bonds. The molecule has 0 radical (unpaired) electrons. The third-order valence-corrected chi connectivity index (χ3v) is 4.54. The van der Waals surface area contributed by atoms with Gasteiger partial charge < -0.3 is 20.8 Å². The fraction of sp³-hybridized carbons (Fsp3) is 0.421. The van der Waals surface area contributed by atoms with E-state index in [2.05, 4.69) is 16.5 Å². The van der Waals surface area contributed by atoms with Gasteiger partial charge in [0.2, 0.25) is 0 Å². The maximum atomic E-state index is 11.8. The second-order valence-electron chi connectivity index (χ2n) is 6.34. The van der Waals surface area contributed by atoms with E-state index in [4.69, 9.17) is 21.2 Å². The molecule has 0 unspecified atom stereocenters. The maximum absolute atomic E-state index is 11.8. The Labute approximate surface area is 152 Å². The molecular formula is C19H25N5O2. The number of methoxy groups -OCH3 is 1. The molecule has 0 saturated heterocycles. The van der Waals surface area contributed by atoms with Crippen molar-refractivity contribution in [3.63, 3.8) is 0 Å². The topological polar surface area (TPSA) is 109 Å². The van der Waals surface area contributed by atoms with E-state index in [1.54, 1.807) is 12.1 Å². The van der Waals surface area contributed by atoms with Crippen molar-refractivity contribution in [2.75, 3.05) is 19.4 Å². The summed E-state index contributed by atoms with van der Waals surface area (Å²) >= 11 is 0. The van der Waals surface area contributed by atoms with Gasteiger partial charge in [0.1, 0.15) is 11.3 Å². The minimum absolute atomic E-state index is 0.374. The normalized spacial score (nSPS) is 11.3. The summed E-state index contributed by atoms with van der Waals surface area (Å²) in [6.07, 6.45) is 3.90. The number of carbonyl (C=O) groups excluding carboxylic acids is 1. The van der Waals surface area contributed by atoms with Gasteiger partial charge >= 0.3 is 5.97 Å². The second kappa shape index (κ2) is 7.70. The van der Waals surface area contributed by atoms with Gasteiger partial charge in [-0.1, -0.05) is 13.3 Å². The Hall–Kier alpha value is -2.67. The Morgan fingerprint density at radius 2 is 2.08 bits per heavy atom. The molecule has 0 atom stereocenters. The van der Waals surface area contributed by atoms with Crippen LogP contribution in [0.1, 0.15) is 42.4 Å². The van der Waals surface area contributed by atoms with E-state index in [0.717, 1.165) is 49.0 Å². The average molecular weight is 355 g/mol. The van der Waals surface area contributed by atoms with E-state index in [0.29, 0.717) is 29.0 Å². The summed E-state index contributed by atoms with van der Waals surface area (Å²) < 4.78 is 7.00. The number of aromatic nitrogens is 3. The van der Waals surface area contributed by atoms with Crippen LogP contribution in [0.4, 0.5) is 5.82 Å². The number of esters is 1. The zero-order chi connectivity index (χ0) is 18.7. The number of imidazole rings is 1. The van der Waals surface area contributed by atoms with Crippen LogP contribution in [0.5, 0.6) is 0 Å². The van der Waals surface area contributed by atoms with E-state index in [9.17, 15) is 4.79 Å². The SMILES string of the molecule is CCCCc1nc2c(N)nc3cc(C(=O)OC)ccc3c2n1CCCN. The summed E-state index contributed by atoms with van der Waals surface area (Å²) in [7, 11) is 1.36. The number of unbranched alkanes of at least 4 members (excludes halogenated alkanes) is 1. The van der Waals surface area contributed by atoms with Gasteiger partial charge in [0.05, 0.1) is 23.7 Å². The molecule has 26 heavy (non-hydrogen) atoms. The summed E-state index contributed by atoms with van der Waals surface area (Å²) in [6, 6.07) is 5.35. The lowest BCUT2D eigenvalue weighted by atomic mass is 10.1. The number of ether oxygens (including phenoxy) is 1. The van der Waals surface area contributed by atoms with Crippen LogP contribution in [0.3, 0.4) is 0 Å². The van der Waals surface area contributed by atoms with Crippen molar-refractivity contribution in [2.45, 2.75) is 39.2 Å².